The van der Waals surface area contributed by atoms with Crippen LogP contribution in [0.2, 0.25) is 20.1 Å². The van der Waals surface area contributed by atoms with E-state index in [0.717, 1.165) is 0 Å². The Balaban J connectivity index is 2.17. The van der Waals surface area contributed by atoms with Crippen LogP contribution in [0.5, 0.6) is 23.0 Å². The van der Waals surface area contributed by atoms with Gasteiger partial charge in [0.1, 0.15) is 5.02 Å². The van der Waals surface area contributed by atoms with Crippen LogP contribution in [0, 0.1) is 0 Å². The average molecular weight is 401 g/mol. The van der Waals surface area contributed by atoms with E-state index in [-0.39, 0.29) is 0 Å². The largest absolute Gasteiger partial charge is 0.449 e. The van der Waals surface area contributed by atoms with E-state index in [9.17, 15) is 0 Å². The normalized spacial score (nSPS) is 12.3. The first-order valence-corrected chi connectivity index (χ1v) is 7.30. The number of hydrogen-bond acceptors (Lipinski definition) is 2. The maximum Gasteiger partial charge on any atom is 0.189 e. The summed E-state index contributed by atoms with van der Waals surface area (Å²) in [5.74, 6) is 1.70. The summed E-state index contributed by atoms with van der Waals surface area (Å²) >= 11 is 27.3. The molecule has 0 amide bonds. The van der Waals surface area contributed by atoms with Gasteiger partial charge in [0, 0.05) is 18.2 Å². The van der Waals surface area contributed by atoms with E-state index in [0.29, 0.717) is 47.6 Å². The van der Waals surface area contributed by atoms with Gasteiger partial charge in [0.05, 0.1) is 19.5 Å². The molecule has 0 atom stereocenters. The van der Waals surface area contributed by atoms with E-state index in [1.807, 2.05) is 0 Å². The van der Waals surface area contributed by atoms with Crippen LogP contribution < -0.4 is 9.47 Å². The zero-order valence-electron chi connectivity index (χ0n) is 8.94. The predicted molar refractivity (Wildman–Crippen MR) is 80.8 cm³/mol. The molecule has 3 rings (SSSR count). The summed E-state index contributed by atoms with van der Waals surface area (Å²) in [5.41, 5.74) is 0. The highest BCUT2D eigenvalue weighted by Gasteiger charge is 2.25. The molecule has 0 bridgehead atoms. The Morgan fingerprint density at radius 3 is 1.89 bits per heavy atom. The molecular formula is C12H3BrCl4O2. The van der Waals surface area contributed by atoms with Gasteiger partial charge in [-0.2, -0.15) is 0 Å². The van der Waals surface area contributed by atoms with Gasteiger partial charge < -0.3 is 9.47 Å². The lowest BCUT2D eigenvalue weighted by molar-refractivity contribution is 0.359. The van der Waals surface area contributed by atoms with Crippen molar-refractivity contribution in [2.75, 3.05) is 0 Å². The molecule has 1 aliphatic rings. The first-order valence-electron chi connectivity index (χ1n) is 4.99. The van der Waals surface area contributed by atoms with Gasteiger partial charge in [-0.3, -0.25) is 0 Å². The molecular weight excluding hydrogens is 398 g/mol. The molecule has 0 aliphatic carbocycles. The third kappa shape index (κ3) is 2.28. The molecule has 19 heavy (non-hydrogen) atoms. The molecule has 0 saturated carbocycles. The SMILES string of the molecule is Clc1cc2c(cc1Cl)Oc1c(cc(Cl)c(Br)c1Cl)O2. The molecule has 0 spiro atoms. The number of hydrogen-bond donors (Lipinski definition) is 0. The van der Waals surface area contributed by atoms with Crippen molar-refractivity contribution in [2.45, 2.75) is 0 Å². The molecule has 0 unspecified atom stereocenters. The molecule has 0 N–H and O–H groups in total. The summed E-state index contributed by atoms with van der Waals surface area (Å²) in [6.45, 7) is 0. The fourth-order valence-corrected chi connectivity index (χ4v) is 2.70. The summed E-state index contributed by atoms with van der Waals surface area (Å²) < 4.78 is 11.9. The standard InChI is InChI=1S/C12H3BrCl4O2/c13-10-6(16)3-9-12(11(10)17)19-8-2-5(15)4(14)1-7(8)18-9/h1-3H. The minimum atomic E-state index is 0.333. The smallest absolute Gasteiger partial charge is 0.189 e. The third-order valence-corrected chi connectivity index (χ3v) is 5.16. The Kier molecular flexibility index (Phi) is 3.52. The highest BCUT2D eigenvalue weighted by atomic mass is 79.9. The Labute approximate surface area is 137 Å². The minimum absolute atomic E-state index is 0.333. The molecule has 0 radical (unpaired) electrons. The van der Waals surface area contributed by atoms with Gasteiger partial charge in [-0.15, -0.1) is 0 Å². The topological polar surface area (TPSA) is 18.5 Å². The van der Waals surface area contributed by atoms with Crippen LogP contribution in [0.3, 0.4) is 0 Å². The van der Waals surface area contributed by atoms with Crippen LogP contribution in [0.1, 0.15) is 0 Å². The molecule has 2 aromatic carbocycles. The van der Waals surface area contributed by atoms with E-state index in [4.69, 9.17) is 55.9 Å². The van der Waals surface area contributed by atoms with Gasteiger partial charge in [-0.1, -0.05) is 46.4 Å². The van der Waals surface area contributed by atoms with Gasteiger partial charge in [0.25, 0.3) is 0 Å². The second-order valence-electron chi connectivity index (χ2n) is 3.73. The zero-order chi connectivity index (χ0) is 13.7. The van der Waals surface area contributed by atoms with Crippen molar-refractivity contribution in [2.24, 2.45) is 0 Å². The van der Waals surface area contributed by atoms with Crippen molar-refractivity contribution in [3.05, 3.63) is 42.8 Å². The van der Waals surface area contributed by atoms with E-state index in [1.165, 1.54) is 0 Å². The third-order valence-electron chi connectivity index (χ3n) is 2.50. The fourth-order valence-electron chi connectivity index (χ4n) is 1.63. The summed E-state index contributed by atoms with van der Waals surface area (Å²) in [6.07, 6.45) is 0. The second kappa shape index (κ2) is 4.90. The van der Waals surface area contributed by atoms with E-state index in [1.54, 1.807) is 18.2 Å². The number of benzene rings is 2. The van der Waals surface area contributed by atoms with Crippen molar-refractivity contribution in [3.8, 4) is 23.0 Å². The summed E-state index contributed by atoms with van der Waals surface area (Å²) in [4.78, 5) is 0. The molecule has 98 valence electrons. The quantitative estimate of drug-likeness (QED) is 0.380. The lowest BCUT2D eigenvalue weighted by Crippen LogP contribution is -2.00. The van der Waals surface area contributed by atoms with Crippen LogP contribution in [0.25, 0.3) is 0 Å². The molecule has 2 aromatic rings. The number of ether oxygens (including phenoxy) is 2. The van der Waals surface area contributed by atoms with Crippen molar-refractivity contribution < 1.29 is 9.47 Å². The molecule has 0 aromatic heterocycles. The van der Waals surface area contributed by atoms with Crippen molar-refractivity contribution in [1.29, 1.82) is 0 Å². The van der Waals surface area contributed by atoms with Crippen LogP contribution in [-0.4, -0.2) is 0 Å². The Bertz CT molecular complexity index is 703. The lowest BCUT2D eigenvalue weighted by atomic mass is 10.2. The molecule has 0 fully saturated rings. The first kappa shape index (κ1) is 13.7. The van der Waals surface area contributed by atoms with Gasteiger partial charge in [-0.05, 0) is 15.9 Å². The van der Waals surface area contributed by atoms with Crippen LogP contribution in [0.4, 0.5) is 0 Å². The maximum atomic E-state index is 6.16. The van der Waals surface area contributed by atoms with Gasteiger partial charge >= 0.3 is 0 Å². The first-order chi connectivity index (χ1) is 8.97. The van der Waals surface area contributed by atoms with Crippen molar-refractivity contribution in [1.82, 2.24) is 0 Å². The Hall–Kier alpha value is -0.320. The van der Waals surface area contributed by atoms with Gasteiger partial charge in [0.15, 0.2) is 23.0 Å². The molecule has 2 nitrogen and oxygen atoms in total. The van der Waals surface area contributed by atoms with Gasteiger partial charge in [-0.25, -0.2) is 0 Å². The average Bonchev–Trinajstić information content (AvgIpc) is 2.37. The molecule has 7 heteroatoms. The predicted octanol–water partition coefficient (Wildman–Crippen LogP) is 6.96. The van der Waals surface area contributed by atoms with Gasteiger partial charge in [0.2, 0.25) is 0 Å². The minimum Gasteiger partial charge on any atom is -0.449 e. The zero-order valence-corrected chi connectivity index (χ0v) is 13.5. The number of fused-ring (bicyclic) bond motifs is 2. The van der Waals surface area contributed by atoms with Crippen molar-refractivity contribution >= 4 is 62.3 Å². The van der Waals surface area contributed by atoms with Crippen molar-refractivity contribution in [3.63, 3.8) is 0 Å². The summed E-state index contributed by atoms with van der Waals surface area (Å²) in [6, 6.07) is 4.76. The second-order valence-corrected chi connectivity index (χ2v) is 6.12. The Morgan fingerprint density at radius 2 is 1.26 bits per heavy atom. The molecule has 1 heterocycles. The molecule has 0 saturated heterocycles. The maximum absolute atomic E-state index is 6.16. The van der Waals surface area contributed by atoms with Crippen LogP contribution >= 0.6 is 62.3 Å². The van der Waals surface area contributed by atoms with Crippen LogP contribution in [0.15, 0.2) is 22.7 Å². The highest BCUT2D eigenvalue weighted by Crippen LogP contribution is 2.53. The monoisotopic (exact) mass is 398 g/mol. The lowest BCUT2D eigenvalue weighted by Gasteiger charge is -2.22. The summed E-state index contributed by atoms with van der Waals surface area (Å²) in [7, 11) is 0. The van der Waals surface area contributed by atoms with Crippen LogP contribution in [-0.2, 0) is 0 Å². The Morgan fingerprint density at radius 1 is 0.737 bits per heavy atom. The number of rotatable bonds is 0. The molecule has 1 aliphatic heterocycles. The summed E-state index contributed by atoms with van der Waals surface area (Å²) in [5, 5.41) is 1.51. The number of halogens is 5. The fraction of sp³-hybridized carbons (Fsp3) is 0. The van der Waals surface area contributed by atoms with E-state index in [2.05, 4.69) is 15.9 Å². The van der Waals surface area contributed by atoms with E-state index >= 15 is 0 Å². The van der Waals surface area contributed by atoms with E-state index < -0.39 is 0 Å². The highest BCUT2D eigenvalue weighted by molar-refractivity contribution is 9.10.